The molecule has 0 aliphatic heterocycles. The van der Waals surface area contributed by atoms with Crippen LogP contribution in [0, 0.1) is 0 Å². The molecule has 0 radical (unpaired) electrons. The van der Waals surface area contributed by atoms with E-state index in [1.165, 1.54) is 0 Å². The maximum atomic E-state index is 10.7. The average molecular weight is 170 g/mol. The quantitative estimate of drug-likeness (QED) is 0.576. The Kier molecular flexibility index (Phi) is 1.22. The van der Waals surface area contributed by atoms with Crippen molar-refractivity contribution >= 4 is 22.6 Å². The lowest BCUT2D eigenvalue weighted by Crippen LogP contribution is -2.09. The van der Waals surface area contributed by atoms with Gasteiger partial charge in [0, 0.05) is 6.20 Å². The van der Waals surface area contributed by atoms with Gasteiger partial charge in [-0.2, -0.15) is 4.98 Å². The molecule has 2 aromatic heterocycles. The second kappa shape index (κ2) is 2.10. The van der Waals surface area contributed by atoms with E-state index in [1.54, 1.807) is 12.3 Å². The molecular formula is C6H4ClN3O. The summed E-state index contributed by atoms with van der Waals surface area (Å²) in [4.78, 5) is 19.6. The van der Waals surface area contributed by atoms with Crippen molar-refractivity contribution in [1.29, 1.82) is 0 Å². The van der Waals surface area contributed by atoms with Crippen LogP contribution in [0.3, 0.4) is 0 Å². The van der Waals surface area contributed by atoms with Crippen molar-refractivity contribution in [3.63, 3.8) is 0 Å². The number of nitrogens with zero attached hydrogens (tertiary/aromatic N) is 1. The Morgan fingerprint density at radius 1 is 1.55 bits per heavy atom. The second-order valence-electron chi connectivity index (χ2n) is 2.09. The number of halogens is 1. The van der Waals surface area contributed by atoms with Crippen LogP contribution in [-0.4, -0.2) is 15.0 Å². The standard InChI is InChI=1S/C6H4ClN3O/c7-5-4-3(1-2-8-4)9-6(11)10-5/h1-2,8H,(H,9,10,11). The van der Waals surface area contributed by atoms with Crippen LogP contribution in [0.1, 0.15) is 0 Å². The zero-order chi connectivity index (χ0) is 7.84. The normalized spacial score (nSPS) is 10.6. The van der Waals surface area contributed by atoms with Crippen molar-refractivity contribution < 1.29 is 0 Å². The SMILES string of the molecule is O=c1nc2cc[nH]c2c(Cl)[nH]1. The summed E-state index contributed by atoms with van der Waals surface area (Å²) in [6.45, 7) is 0. The molecule has 0 aliphatic carbocycles. The van der Waals surface area contributed by atoms with E-state index < -0.39 is 5.69 Å². The van der Waals surface area contributed by atoms with E-state index in [-0.39, 0.29) is 0 Å². The Morgan fingerprint density at radius 3 is 3.18 bits per heavy atom. The van der Waals surface area contributed by atoms with Gasteiger partial charge in [-0.3, -0.25) is 4.98 Å². The third-order valence-electron chi connectivity index (χ3n) is 1.38. The van der Waals surface area contributed by atoms with Crippen LogP contribution in [0.25, 0.3) is 11.0 Å². The number of aromatic nitrogens is 3. The van der Waals surface area contributed by atoms with Crippen molar-refractivity contribution in [3.8, 4) is 0 Å². The van der Waals surface area contributed by atoms with E-state index in [4.69, 9.17) is 11.6 Å². The summed E-state index contributed by atoms with van der Waals surface area (Å²) in [7, 11) is 0. The molecule has 11 heavy (non-hydrogen) atoms. The molecule has 0 saturated carbocycles. The predicted octanol–water partition coefficient (Wildman–Crippen LogP) is 0.905. The highest BCUT2D eigenvalue weighted by Crippen LogP contribution is 2.14. The summed E-state index contributed by atoms with van der Waals surface area (Å²) in [6.07, 6.45) is 1.68. The highest BCUT2D eigenvalue weighted by Gasteiger charge is 2.01. The number of rotatable bonds is 0. The van der Waals surface area contributed by atoms with Gasteiger partial charge in [0.15, 0.2) is 0 Å². The van der Waals surface area contributed by atoms with Crippen molar-refractivity contribution in [1.82, 2.24) is 15.0 Å². The topological polar surface area (TPSA) is 61.5 Å². The molecule has 0 saturated heterocycles. The minimum atomic E-state index is -0.429. The molecule has 0 aliphatic rings. The Morgan fingerprint density at radius 2 is 2.36 bits per heavy atom. The Hall–Kier alpha value is -1.29. The van der Waals surface area contributed by atoms with Crippen LogP contribution in [0.5, 0.6) is 0 Å². The van der Waals surface area contributed by atoms with E-state index in [1.807, 2.05) is 0 Å². The monoisotopic (exact) mass is 169 g/mol. The molecule has 2 rings (SSSR count). The molecule has 0 aromatic carbocycles. The van der Waals surface area contributed by atoms with Crippen molar-refractivity contribution in [3.05, 3.63) is 27.9 Å². The van der Waals surface area contributed by atoms with Crippen LogP contribution < -0.4 is 5.69 Å². The van der Waals surface area contributed by atoms with Gasteiger partial charge in [0.2, 0.25) is 0 Å². The number of hydrogen-bond donors (Lipinski definition) is 2. The van der Waals surface area contributed by atoms with Gasteiger partial charge in [0.25, 0.3) is 0 Å². The Balaban J connectivity index is 3.02. The first-order valence-electron chi connectivity index (χ1n) is 3.00. The van der Waals surface area contributed by atoms with Crippen molar-refractivity contribution in [2.24, 2.45) is 0 Å². The van der Waals surface area contributed by atoms with E-state index in [0.717, 1.165) is 0 Å². The molecule has 0 unspecified atom stereocenters. The number of nitrogens with one attached hydrogen (secondary N) is 2. The van der Waals surface area contributed by atoms with E-state index in [2.05, 4.69) is 15.0 Å². The van der Waals surface area contributed by atoms with Gasteiger partial charge in [0.1, 0.15) is 10.7 Å². The predicted molar refractivity (Wildman–Crippen MR) is 41.7 cm³/mol. The van der Waals surface area contributed by atoms with Crippen LogP contribution in [-0.2, 0) is 0 Å². The molecule has 0 fully saturated rings. The maximum absolute atomic E-state index is 10.7. The third kappa shape index (κ3) is 0.914. The van der Waals surface area contributed by atoms with Gasteiger partial charge in [-0.05, 0) is 6.07 Å². The maximum Gasteiger partial charge on any atom is 0.346 e. The molecule has 2 aromatic rings. The lowest BCUT2D eigenvalue weighted by molar-refractivity contribution is 1.12. The minimum Gasteiger partial charge on any atom is -0.357 e. The summed E-state index contributed by atoms with van der Waals surface area (Å²) >= 11 is 5.68. The highest BCUT2D eigenvalue weighted by atomic mass is 35.5. The largest absolute Gasteiger partial charge is 0.357 e. The highest BCUT2D eigenvalue weighted by molar-refractivity contribution is 6.33. The van der Waals surface area contributed by atoms with Gasteiger partial charge >= 0.3 is 5.69 Å². The summed E-state index contributed by atoms with van der Waals surface area (Å²) in [5, 5.41) is 0.296. The second-order valence-corrected chi connectivity index (χ2v) is 2.47. The first kappa shape index (κ1) is 6.42. The molecule has 0 bridgehead atoms. The average Bonchev–Trinajstić information content (AvgIpc) is 2.34. The van der Waals surface area contributed by atoms with Crippen LogP contribution in [0.2, 0.25) is 5.15 Å². The molecule has 0 amide bonds. The lowest BCUT2D eigenvalue weighted by Gasteiger charge is -1.89. The molecular weight excluding hydrogens is 166 g/mol. The Bertz CT molecular complexity index is 444. The molecule has 2 N–H and O–H groups in total. The summed E-state index contributed by atoms with van der Waals surface area (Å²) in [6, 6.07) is 1.69. The Labute approximate surface area is 66.2 Å². The fraction of sp³-hybridized carbons (Fsp3) is 0. The van der Waals surface area contributed by atoms with Crippen molar-refractivity contribution in [2.45, 2.75) is 0 Å². The zero-order valence-corrected chi connectivity index (χ0v) is 6.14. The number of hydrogen-bond acceptors (Lipinski definition) is 2. The fourth-order valence-corrected chi connectivity index (χ4v) is 1.16. The van der Waals surface area contributed by atoms with Crippen molar-refractivity contribution in [2.75, 3.05) is 0 Å². The smallest absolute Gasteiger partial charge is 0.346 e. The van der Waals surface area contributed by atoms with Crippen LogP contribution in [0.4, 0.5) is 0 Å². The molecule has 0 atom stereocenters. The molecule has 2 heterocycles. The van der Waals surface area contributed by atoms with Gasteiger partial charge in [-0.25, -0.2) is 4.79 Å². The first-order valence-corrected chi connectivity index (χ1v) is 3.38. The number of H-pyrrole nitrogens is 2. The van der Waals surface area contributed by atoms with Gasteiger partial charge < -0.3 is 4.98 Å². The van der Waals surface area contributed by atoms with Crippen LogP contribution in [0.15, 0.2) is 17.1 Å². The summed E-state index contributed by atoms with van der Waals surface area (Å²) in [5.41, 5.74) is 0.812. The van der Waals surface area contributed by atoms with Gasteiger partial charge in [-0.15, -0.1) is 0 Å². The van der Waals surface area contributed by atoms with Crippen LogP contribution >= 0.6 is 11.6 Å². The molecule has 5 heteroatoms. The molecule has 4 nitrogen and oxygen atoms in total. The van der Waals surface area contributed by atoms with E-state index in [0.29, 0.717) is 16.2 Å². The molecule has 56 valence electrons. The van der Waals surface area contributed by atoms with E-state index in [9.17, 15) is 4.79 Å². The van der Waals surface area contributed by atoms with Gasteiger partial charge in [-0.1, -0.05) is 11.6 Å². The third-order valence-corrected chi connectivity index (χ3v) is 1.67. The van der Waals surface area contributed by atoms with E-state index >= 15 is 0 Å². The fourth-order valence-electron chi connectivity index (χ4n) is 0.924. The zero-order valence-electron chi connectivity index (χ0n) is 5.39. The van der Waals surface area contributed by atoms with Gasteiger partial charge in [0.05, 0.1) is 5.52 Å². The number of aromatic amines is 2. The number of fused-ring (bicyclic) bond motifs is 1. The molecule has 0 spiro atoms. The minimum absolute atomic E-state index is 0.296. The first-order chi connectivity index (χ1) is 5.27. The lowest BCUT2D eigenvalue weighted by atomic mass is 10.5. The summed E-state index contributed by atoms with van der Waals surface area (Å²) in [5.74, 6) is 0. The summed E-state index contributed by atoms with van der Waals surface area (Å²) < 4.78 is 0.